The van der Waals surface area contributed by atoms with Crippen molar-refractivity contribution in [2.75, 3.05) is 5.43 Å². The summed E-state index contributed by atoms with van der Waals surface area (Å²) in [6.07, 6.45) is 0. The van der Waals surface area contributed by atoms with Crippen molar-refractivity contribution >= 4 is 29.3 Å². The largest absolute Gasteiger partial charge is 0.308 e. The number of hydrazine groups is 1. The number of aromatic nitrogens is 2. The van der Waals surface area contributed by atoms with Crippen LogP contribution in [0.5, 0.6) is 0 Å². The van der Waals surface area contributed by atoms with Crippen molar-refractivity contribution in [1.82, 2.24) is 9.97 Å². The van der Waals surface area contributed by atoms with Gasteiger partial charge in [-0.2, -0.15) is 11.8 Å². The Morgan fingerprint density at radius 1 is 1.25 bits per heavy atom. The van der Waals surface area contributed by atoms with E-state index < -0.39 is 0 Å². The molecule has 6 heteroatoms. The molecule has 4 nitrogen and oxygen atoms in total. The normalized spacial score (nSPS) is 13.3. The fourth-order valence-electron chi connectivity index (χ4n) is 2.07. The van der Waals surface area contributed by atoms with Gasteiger partial charge in [0.1, 0.15) is 11.6 Å². The van der Waals surface area contributed by atoms with Crippen LogP contribution in [-0.2, 0) is 17.3 Å². The molecule has 1 aromatic heterocycles. The second-order valence-corrected chi connectivity index (χ2v) is 6.69. The molecule has 0 aliphatic carbocycles. The molecule has 1 aliphatic heterocycles. The van der Waals surface area contributed by atoms with E-state index in [1.807, 2.05) is 11.8 Å². The van der Waals surface area contributed by atoms with Gasteiger partial charge in [-0.15, -0.1) is 11.8 Å². The van der Waals surface area contributed by atoms with Crippen LogP contribution in [0.15, 0.2) is 29.2 Å². The first-order chi connectivity index (χ1) is 9.76. The molecule has 0 saturated carbocycles. The summed E-state index contributed by atoms with van der Waals surface area (Å²) in [4.78, 5) is 10.4. The zero-order valence-corrected chi connectivity index (χ0v) is 12.9. The average Bonchev–Trinajstić information content (AvgIpc) is 2.94. The minimum absolute atomic E-state index is 0.760. The number of nitrogens with one attached hydrogen (secondary N) is 1. The van der Waals surface area contributed by atoms with Gasteiger partial charge < -0.3 is 5.43 Å². The van der Waals surface area contributed by atoms with Crippen LogP contribution in [0.4, 0.5) is 5.82 Å². The number of fused-ring (bicyclic) bond motifs is 1. The Morgan fingerprint density at radius 2 is 2.05 bits per heavy atom. The lowest BCUT2D eigenvalue weighted by molar-refractivity contribution is 0.969. The number of anilines is 1. The molecule has 1 aliphatic rings. The Balaban J connectivity index is 1.76. The van der Waals surface area contributed by atoms with E-state index in [0.29, 0.717) is 0 Å². The van der Waals surface area contributed by atoms with Crippen LogP contribution in [0.25, 0.3) is 0 Å². The van der Waals surface area contributed by atoms with E-state index in [-0.39, 0.29) is 0 Å². The molecule has 0 amide bonds. The highest BCUT2D eigenvalue weighted by Crippen LogP contribution is 2.33. The number of nitrogens with two attached hydrogens (primary N) is 1. The molecule has 1 aromatic carbocycles. The number of hydrogen-bond donors (Lipinski definition) is 2. The van der Waals surface area contributed by atoms with Crippen LogP contribution in [0.2, 0.25) is 0 Å². The number of nitrogen functional groups attached to an aromatic ring is 1. The molecule has 2 aromatic rings. The Morgan fingerprint density at radius 3 is 2.80 bits per heavy atom. The summed E-state index contributed by atoms with van der Waals surface area (Å²) in [6.45, 7) is 2.09. The first kappa shape index (κ1) is 13.7. The maximum Gasteiger partial charge on any atom is 0.148 e. The number of hydrogen-bond acceptors (Lipinski definition) is 6. The Kier molecular flexibility index (Phi) is 4.14. The average molecular weight is 304 g/mol. The van der Waals surface area contributed by atoms with Gasteiger partial charge in [-0.1, -0.05) is 17.7 Å². The van der Waals surface area contributed by atoms with Crippen molar-refractivity contribution in [3.05, 3.63) is 46.9 Å². The van der Waals surface area contributed by atoms with E-state index in [2.05, 4.69) is 46.6 Å². The van der Waals surface area contributed by atoms with E-state index in [1.165, 1.54) is 10.5 Å². The predicted molar refractivity (Wildman–Crippen MR) is 85.6 cm³/mol. The molecular formula is C14H16N4S2. The maximum atomic E-state index is 5.56. The van der Waals surface area contributed by atoms with E-state index in [4.69, 9.17) is 5.84 Å². The first-order valence-electron chi connectivity index (χ1n) is 6.39. The molecule has 20 heavy (non-hydrogen) atoms. The molecule has 0 spiro atoms. The number of aryl methyl sites for hydroxylation is 1. The van der Waals surface area contributed by atoms with Crippen molar-refractivity contribution in [2.24, 2.45) is 5.84 Å². The fourth-order valence-corrected chi connectivity index (χ4v) is 3.86. The highest BCUT2D eigenvalue weighted by atomic mass is 32.2. The summed E-state index contributed by atoms with van der Waals surface area (Å²) in [5.74, 6) is 9.83. The zero-order chi connectivity index (χ0) is 13.9. The second kappa shape index (κ2) is 6.03. The van der Waals surface area contributed by atoms with Gasteiger partial charge in [-0.05, 0) is 19.1 Å². The van der Waals surface area contributed by atoms with Gasteiger partial charge in [-0.25, -0.2) is 15.8 Å². The second-order valence-electron chi connectivity index (χ2n) is 4.65. The van der Waals surface area contributed by atoms with E-state index in [1.54, 1.807) is 11.8 Å². The molecule has 104 valence electrons. The van der Waals surface area contributed by atoms with E-state index in [0.717, 1.165) is 40.2 Å². The van der Waals surface area contributed by atoms with Crippen LogP contribution in [0.3, 0.4) is 0 Å². The predicted octanol–water partition coefficient (Wildman–Crippen LogP) is 3.11. The molecule has 3 N–H and O–H groups in total. The van der Waals surface area contributed by atoms with Crippen molar-refractivity contribution in [2.45, 2.75) is 29.1 Å². The van der Waals surface area contributed by atoms with Crippen molar-refractivity contribution in [1.29, 1.82) is 0 Å². The van der Waals surface area contributed by atoms with Crippen LogP contribution in [-0.4, -0.2) is 9.97 Å². The summed E-state index contributed by atoms with van der Waals surface area (Å²) < 4.78 is 0. The summed E-state index contributed by atoms with van der Waals surface area (Å²) >= 11 is 3.60. The van der Waals surface area contributed by atoms with Crippen molar-refractivity contribution in [3.8, 4) is 0 Å². The Bertz CT molecular complexity index is 613. The number of benzene rings is 1. The fraction of sp³-hybridized carbons (Fsp3) is 0.286. The summed E-state index contributed by atoms with van der Waals surface area (Å²) in [5, 5.41) is 0. The highest BCUT2D eigenvalue weighted by Gasteiger charge is 2.19. The quantitative estimate of drug-likeness (QED) is 0.514. The van der Waals surface area contributed by atoms with Crippen LogP contribution < -0.4 is 11.3 Å². The standard InChI is InChI=1S/C14H16N4S2/c1-9-2-4-10(5-3-9)20-8-13-16-12-7-19-6-11(12)14(17-13)18-15/h2-5H,6-8,15H2,1H3,(H,16,17,18). The smallest absolute Gasteiger partial charge is 0.148 e. The van der Waals surface area contributed by atoms with Crippen LogP contribution in [0, 0.1) is 6.92 Å². The zero-order valence-electron chi connectivity index (χ0n) is 11.2. The minimum atomic E-state index is 0.760. The minimum Gasteiger partial charge on any atom is -0.308 e. The monoisotopic (exact) mass is 304 g/mol. The topological polar surface area (TPSA) is 63.8 Å². The SMILES string of the molecule is Cc1ccc(SCc2nc3c(c(NN)n2)CSC3)cc1. The van der Waals surface area contributed by atoms with E-state index >= 15 is 0 Å². The maximum absolute atomic E-state index is 5.56. The van der Waals surface area contributed by atoms with Gasteiger partial charge in [0.15, 0.2) is 0 Å². The summed E-state index contributed by atoms with van der Waals surface area (Å²) in [7, 11) is 0. The molecule has 2 heterocycles. The molecule has 0 saturated heterocycles. The van der Waals surface area contributed by atoms with E-state index in [9.17, 15) is 0 Å². The van der Waals surface area contributed by atoms with Crippen molar-refractivity contribution < 1.29 is 0 Å². The number of nitrogens with zero attached hydrogens (tertiary/aromatic N) is 2. The third kappa shape index (κ3) is 2.92. The first-order valence-corrected chi connectivity index (χ1v) is 8.53. The molecular weight excluding hydrogens is 288 g/mol. The lowest BCUT2D eigenvalue weighted by Crippen LogP contribution is -2.13. The molecule has 0 bridgehead atoms. The van der Waals surface area contributed by atoms with Gasteiger partial charge in [0.05, 0.1) is 11.4 Å². The van der Waals surface area contributed by atoms with Crippen LogP contribution >= 0.6 is 23.5 Å². The number of thioether (sulfide) groups is 2. The van der Waals surface area contributed by atoms with Crippen LogP contribution in [0.1, 0.15) is 22.6 Å². The molecule has 0 atom stereocenters. The third-order valence-corrected chi connectivity index (χ3v) is 5.13. The Labute approximate surface area is 126 Å². The molecule has 0 unspecified atom stereocenters. The van der Waals surface area contributed by atoms with Gasteiger partial charge in [-0.3, -0.25) is 0 Å². The van der Waals surface area contributed by atoms with Crippen molar-refractivity contribution in [3.63, 3.8) is 0 Å². The van der Waals surface area contributed by atoms with Gasteiger partial charge in [0, 0.05) is 22.0 Å². The highest BCUT2D eigenvalue weighted by molar-refractivity contribution is 7.98. The molecule has 0 fully saturated rings. The lowest BCUT2D eigenvalue weighted by atomic mass is 10.2. The molecule has 0 radical (unpaired) electrons. The third-order valence-electron chi connectivity index (χ3n) is 3.15. The lowest BCUT2D eigenvalue weighted by Gasteiger charge is -2.08. The van der Waals surface area contributed by atoms with Gasteiger partial charge in [0.25, 0.3) is 0 Å². The summed E-state index contributed by atoms with van der Waals surface area (Å²) in [5.41, 5.74) is 6.25. The Hall–Kier alpha value is -1.24. The van der Waals surface area contributed by atoms with Gasteiger partial charge in [0.2, 0.25) is 0 Å². The number of rotatable bonds is 4. The molecule has 3 rings (SSSR count). The van der Waals surface area contributed by atoms with Gasteiger partial charge >= 0.3 is 0 Å². The summed E-state index contributed by atoms with van der Waals surface area (Å²) in [6, 6.07) is 8.50.